The summed E-state index contributed by atoms with van der Waals surface area (Å²) in [6.07, 6.45) is 2.76. The Kier molecular flexibility index (Phi) is 4.67. The Bertz CT molecular complexity index is 332. The van der Waals surface area contributed by atoms with Gasteiger partial charge in [-0.15, -0.1) is 11.3 Å². The van der Waals surface area contributed by atoms with Crippen molar-refractivity contribution < 1.29 is 0 Å². The molecule has 2 nitrogen and oxygen atoms in total. The van der Waals surface area contributed by atoms with Crippen molar-refractivity contribution in [2.75, 3.05) is 20.1 Å². The van der Waals surface area contributed by atoms with Crippen molar-refractivity contribution in [3.63, 3.8) is 0 Å². The van der Waals surface area contributed by atoms with Gasteiger partial charge < -0.3 is 10.2 Å². The fourth-order valence-electron chi connectivity index (χ4n) is 1.64. The maximum absolute atomic E-state index is 5.98. The van der Waals surface area contributed by atoms with E-state index in [4.69, 9.17) is 11.6 Å². The SMILES string of the molecule is CN(CCNCc1cc(Br)c(Cl)s1)C1CC1. The van der Waals surface area contributed by atoms with Crippen molar-refractivity contribution in [2.24, 2.45) is 0 Å². The third-order valence-corrected chi connectivity index (χ3v) is 5.28. The quantitative estimate of drug-likeness (QED) is 0.808. The Morgan fingerprint density at radius 2 is 2.38 bits per heavy atom. The van der Waals surface area contributed by atoms with Crippen LogP contribution >= 0.6 is 38.9 Å². The molecule has 0 amide bonds. The van der Waals surface area contributed by atoms with Crippen LogP contribution in [0.4, 0.5) is 0 Å². The van der Waals surface area contributed by atoms with Gasteiger partial charge in [0.25, 0.3) is 0 Å². The van der Waals surface area contributed by atoms with Gasteiger partial charge in [0.2, 0.25) is 0 Å². The van der Waals surface area contributed by atoms with Crippen LogP contribution in [0.2, 0.25) is 4.34 Å². The third-order valence-electron chi connectivity index (χ3n) is 2.81. The Morgan fingerprint density at radius 3 is 2.94 bits per heavy atom. The van der Waals surface area contributed by atoms with Crippen LogP contribution in [0.15, 0.2) is 10.5 Å². The first-order valence-electron chi connectivity index (χ1n) is 5.51. The molecule has 0 atom stereocenters. The molecule has 0 unspecified atom stereocenters. The van der Waals surface area contributed by atoms with Crippen molar-refractivity contribution in [2.45, 2.75) is 25.4 Å². The molecule has 0 bridgehead atoms. The van der Waals surface area contributed by atoms with E-state index in [0.717, 1.165) is 34.5 Å². The summed E-state index contributed by atoms with van der Waals surface area (Å²) in [5.74, 6) is 0. The normalized spacial score (nSPS) is 16.0. The highest BCUT2D eigenvalue weighted by molar-refractivity contribution is 9.10. The van der Waals surface area contributed by atoms with Crippen LogP contribution in [0.5, 0.6) is 0 Å². The summed E-state index contributed by atoms with van der Waals surface area (Å²) < 4.78 is 1.85. The highest BCUT2D eigenvalue weighted by atomic mass is 79.9. The molecule has 90 valence electrons. The van der Waals surface area contributed by atoms with E-state index in [2.05, 4.69) is 39.3 Å². The maximum Gasteiger partial charge on any atom is 0.107 e. The van der Waals surface area contributed by atoms with Gasteiger partial charge in [-0.05, 0) is 41.9 Å². The van der Waals surface area contributed by atoms with Crippen LogP contribution in [-0.2, 0) is 6.54 Å². The van der Waals surface area contributed by atoms with Gasteiger partial charge >= 0.3 is 0 Å². The second kappa shape index (κ2) is 5.83. The molecule has 16 heavy (non-hydrogen) atoms. The van der Waals surface area contributed by atoms with E-state index in [1.807, 2.05) is 0 Å². The van der Waals surface area contributed by atoms with Crippen molar-refractivity contribution in [1.29, 1.82) is 0 Å². The molecule has 1 heterocycles. The second-order valence-corrected chi connectivity index (χ2v) is 6.82. The molecule has 1 aromatic rings. The molecule has 0 saturated heterocycles. The predicted octanol–water partition coefficient (Wildman–Crippen LogP) is 3.35. The number of hydrogen-bond acceptors (Lipinski definition) is 3. The van der Waals surface area contributed by atoms with E-state index < -0.39 is 0 Å². The molecule has 0 radical (unpaired) electrons. The highest BCUT2D eigenvalue weighted by Gasteiger charge is 2.25. The van der Waals surface area contributed by atoms with Crippen LogP contribution in [-0.4, -0.2) is 31.1 Å². The van der Waals surface area contributed by atoms with E-state index >= 15 is 0 Å². The van der Waals surface area contributed by atoms with E-state index in [1.54, 1.807) is 11.3 Å². The van der Waals surface area contributed by atoms with Gasteiger partial charge in [-0.1, -0.05) is 11.6 Å². The lowest BCUT2D eigenvalue weighted by Gasteiger charge is -2.15. The number of thiophene rings is 1. The molecule has 1 saturated carbocycles. The summed E-state index contributed by atoms with van der Waals surface area (Å²) in [7, 11) is 2.21. The van der Waals surface area contributed by atoms with Crippen molar-refractivity contribution >= 4 is 38.9 Å². The number of likely N-dealkylation sites (N-methyl/N-ethyl adjacent to an activating group) is 1. The van der Waals surface area contributed by atoms with Crippen molar-refractivity contribution in [3.05, 3.63) is 19.8 Å². The minimum absolute atomic E-state index is 0.840. The predicted molar refractivity (Wildman–Crippen MR) is 74.4 cm³/mol. The minimum atomic E-state index is 0.840. The first-order chi connectivity index (χ1) is 7.66. The van der Waals surface area contributed by atoms with Gasteiger partial charge in [0.05, 0.1) is 0 Å². The Morgan fingerprint density at radius 1 is 1.62 bits per heavy atom. The monoisotopic (exact) mass is 322 g/mol. The lowest BCUT2D eigenvalue weighted by atomic mass is 10.4. The molecule has 2 rings (SSSR count). The van der Waals surface area contributed by atoms with E-state index in [-0.39, 0.29) is 0 Å². The van der Waals surface area contributed by atoms with Crippen LogP contribution in [0.1, 0.15) is 17.7 Å². The zero-order valence-electron chi connectivity index (χ0n) is 9.30. The number of rotatable bonds is 6. The summed E-state index contributed by atoms with van der Waals surface area (Å²) in [4.78, 5) is 3.72. The van der Waals surface area contributed by atoms with E-state index in [1.165, 1.54) is 17.7 Å². The average Bonchev–Trinajstić information content (AvgIpc) is 3.03. The smallest absolute Gasteiger partial charge is 0.107 e. The van der Waals surface area contributed by atoms with Gasteiger partial charge in [0.1, 0.15) is 4.34 Å². The molecule has 1 fully saturated rings. The summed E-state index contributed by atoms with van der Waals surface area (Å²) in [5, 5.41) is 3.45. The van der Waals surface area contributed by atoms with Gasteiger partial charge in [0, 0.05) is 35.0 Å². The van der Waals surface area contributed by atoms with Gasteiger partial charge in [-0.3, -0.25) is 0 Å². The maximum atomic E-state index is 5.98. The number of hydrogen-bond donors (Lipinski definition) is 1. The first-order valence-corrected chi connectivity index (χ1v) is 7.50. The summed E-state index contributed by atoms with van der Waals surface area (Å²) in [6.45, 7) is 3.08. The zero-order chi connectivity index (χ0) is 11.5. The molecule has 0 spiro atoms. The van der Waals surface area contributed by atoms with Crippen LogP contribution in [0.25, 0.3) is 0 Å². The first kappa shape index (κ1) is 12.8. The van der Waals surface area contributed by atoms with Crippen molar-refractivity contribution in [1.82, 2.24) is 10.2 Å². The molecular weight excluding hydrogens is 308 g/mol. The van der Waals surface area contributed by atoms with E-state index in [9.17, 15) is 0 Å². The van der Waals surface area contributed by atoms with Gasteiger partial charge in [-0.25, -0.2) is 0 Å². The molecule has 1 N–H and O–H groups in total. The fourth-order valence-corrected chi connectivity index (χ4v) is 3.40. The third kappa shape index (κ3) is 3.70. The zero-order valence-corrected chi connectivity index (χ0v) is 12.5. The van der Waals surface area contributed by atoms with Crippen LogP contribution in [0.3, 0.4) is 0 Å². The van der Waals surface area contributed by atoms with Crippen LogP contribution in [0, 0.1) is 0 Å². The molecule has 1 aromatic heterocycles. The van der Waals surface area contributed by atoms with Crippen LogP contribution < -0.4 is 5.32 Å². The Hall–Kier alpha value is 0.390. The van der Waals surface area contributed by atoms with Gasteiger partial charge in [-0.2, -0.15) is 0 Å². The standard InChI is InChI=1S/C11H16BrClN2S/c1-15(8-2-3-8)5-4-14-7-9-6-10(12)11(13)16-9/h6,8,14H,2-5,7H2,1H3. The Labute approximate surface area is 114 Å². The fraction of sp³-hybridized carbons (Fsp3) is 0.636. The highest BCUT2D eigenvalue weighted by Crippen LogP contribution is 2.31. The minimum Gasteiger partial charge on any atom is -0.311 e. The molecule has 0 aliphatic heterocycles. The second-order valence-electron chi connectivity index (χ2n) is 4.22. The number of nitrogens with zero attached hydrogens (tertiary/aromatic N) is 1. The van der Waals surface area contributed by atoms with E-state index in [0.29, 0.717) is 0 Å². The number of nitrogens with one attached hydrogen (secondary N) is 1. The topological polar surface area (TPSA) is 15.3 Å². The molecular formula is C11H16BrClN2S. The Balaban J connectivity index is 1.63. The summed E-state index contributed by atoms with van der Waals surface area (Å²) in [5.41, 5.74) is 0. The average molecular weight is 324 g/mol. The number of halogens is 2. The molecule has 1 aliphatic rings. The summed E-state index contributed by atoms with van der Waals surface area (Å²) in [6, 6.07) is 2.94. The lowest BCUT2D eigenvalue weighted by molar-refractivity contribution is 0.322. The van der Waals surface area contributed by atoms with Gasteiger partial charge in [0.15, 0.2) is 0 Å². The largest absolute Gasteiger partial charge is 0.311 e. The summed E-state index contributed by atoms with van der Waals surface area (Å²) >= 11 is 11.0. The lowest BCUT2D eigenvalue weighted by Crippen LogP contribution is -2.30. The molecule has 0 aromatic carbocycles. The molecule has 5 heteroatoms. The molecule has 1 aliphatic carbocycles. The van der Waals surface area contributed by atoms with Crippen molar-refractivity contribution in [3.8, 4) is 0 Å².